The van der Waals surface area contributed by atoms with Gasteiger partial charge in [0, 0.05) is 24.2 Å². The molecule has 2 aliphatic heterocycles. The lowest BCUT2D eigenvalue weighted by atomic mass is 10.1. The van der Waals surface area contributed by atoms with E-state index in [1.54, 1.807) is 4.90 Å². The van der Waals surface area contributed by atoms with E-state index in [2.05, 4.69) is 40.6 Å². The molecule has 2 aliphatic rings. The molecular formula is C19H22N6. The molecule has 0 radical (unpaired) electrons. The smallest absolute Gasteiger partial charge is 0.223 e. The third kappa shape index (κ3) is 3.28. The van der Waals surface area contributed by atoms with Crippen LogP contribution in [0.4, 0.5) is 5.95 Å². The molecule has 1 aromatic carbocycles. The zero-order valence-corrected chi connectivity index (χ0v) is 14.4. The van der Waals surface area contributed by atoms with Gasteiger partial charge in [-0.25, -0.2) is 9.97 Å². The van der Waals surface area contributed by atoms with Crippen molar-refractivity contribution in [2.45, 2.75) is 19.5 Å². The summed E-state index contributed by atoms with van der Waals surface area (Å²) in [5.41, 5.74) is 4.04. The highest BCUT2D eigenvalue weighted by molar-refractivity contribution is 5.66. The van der Waals surface area contributed by atoms with Crippen molar-refractivity contribution in [1.29, 1.82) is 5.26 Å². The molecule has 1 fully saturated rings. The Bertz CT molecular complexity index is 798. The molecule has 1 N–H and O–H groups in total. The lowest BCUT2D eigenvalue weighted by Crippen LogP contribution is -2.20. The molecule has 0 spiro atoms. The number of fused-ring (bicyclic) bond motifs is 1. The van der Waals surface area contributed by atoms with E-state index in [4.69, 9.17) is 4.98 Å². The summed E-state index contributed by atoms with van der Waals surface area (Å²) in [5, 5.41) is 12.7. The molecule has 2 aromatic rings. The molecular weight excluding hydrogens is 312 g/mol. The number of rotatable bonds is 4. The minimum Gasteiger partial charge on any atom is -0.354 e. The van der Waals surface area contributed by atoms with Crippen LogP contribution in [0, 0.1) is 17.4 Å². The number of aromatic nitrogens is 2. The van der Waals surface area contributed by atoms with Crippen molar-refractivity contribution in [3.05, 3.63) is 41.6 Å². The third-order valence-corrected chi connectivity index (χ3v) is 5.01. The number of anilines is 1. The van der Waals surface area contributed by atoms with Gasteiger partial charge in [0.1, 0.15) is 0 Å². The van der Waals surface area contributed by atoms with Crippen LogP contribution in [0.3, 0.4) is 0 Å². The summed E-state index contributed by atoms with van der Waals surface area (Å²) in [7, 11) is 2.16. The van der Waals surface area contributed by atoms with E-state index in [1.165, 1.54) is 6.42 Å². The van der Waals surface area contributed by atoms with Gasteiger partial charge in [0.15, 0.2) is 6.19 Å². The van der Waals surface area contributed by atoms with Gasteiger partial charge in [-0.05, 0) is 25.9 Å². The quantitative estimate of drug-likeness (QED) is 0.866. The molecule has 1 aromatic heterocycles. The maximum atomic E-state index is 9.25. The number of hydrogen-bond acceptors (Lipinski definition) is 6. The van der Waals surface area contributed by atoms with E-state index in [0.29, 0.717) is 25.0 Å². The Labute approximate surface area is 148 Å². The first-order valence-corrected chi connectivity index (χ1v) is 8.75. The van der Waals surface area contributed by atoms with Gasteiger partial charge in [0.05, 0.1) is 24.5 Å². The van der Waals surface area contributed by atoms with E-state index >= 15 is 0 Å². The molecule has 128 valence electrons. The maximum absolute atomic E-state index is 9.25. The lowest BCUT2D eigenvalue weighted by molar-refractivity contribution is 0.399. The van der Waals surface area contributed by atoms with Crippen LogP contribution in [0.25, 0.3) is 11.3 Å². The van der Waals surface area contributed by atoms with Crippen LogP contribution >= 0.6 is 0 Å². The minimum atomic E-state index is 0.565. The van der Waals surface area contributed by atoms with Crippen LogP contribution in [-0.2, 0) is 13.1 Å². The SMILES string of the molecule is CN1CCC(CNc2nc3c(c(-c4ccccc4)n2)CN(C#N)C3)C1. The summed E-state index contributed by atoms with van der Waals surface area (Å²) in [5.74, 6) is 1.31. The predicted molar refractivity (Wildman–Crippen MR) is 96.4 cm³/mol. The number of hydrogen-bond donors (Lipinski definition) is 1. The van der Waals surface area contributed by atoms with Gasteiger partial charge in [0.2, 0.25) is 5.95 Å². The molecule has 1 unspecified atom stereocenters. The standard InChI is InChI=1S/C19H22N6/c1-24-8-7-14(10-24)9-21-19-22-17-12-25(13-20)11-16(17)18(23-19)15-5-3-2-4-6-15/h2-6,14H,7-12H2,1H3,(H,21,22,23). The summed E-state index contributed by atoms with van der Waals surface area (Å²) in [6.07, 6.45) is 3.44. The average molecular weight is 334 g/mol. The van der Waals surface area contributed by atoms with Gasteiger partial charge in [0.25, 0.3) is 0 Å². The summed E-state index contributed by atoms with van der Waals surface area (Å²) >= 11 is 0. The molecule has 0 amide bonds. The molecule has 3 heterocycles. The fraction of sp³-hybridized carbons (Fsp3) is 0.421. The Kier molecular flexibility index (Phi) is 4.24. The van der Waals surface area contributed by atoms with Gasteiger partial charge in [-0.2, -0.15) is 5.26 Å². The molecule has 1 atom stereocenters. The Morgan fingerprint density at radius 3 is 2.80 bits per heavy atom. The number of likely N-dealkylation sites (tertiary alicyclic amines) is 1. The number of nitrogens with one attached hydrogen (secondary N) is 1. The summed E-state index contributed by atoms with van der Waals surface area (Å²) in [4.78, 5) is 13.6. The van der Waals surface area contributed by atoms with Crippen LogP contribution in [0.15, 0.2) is 30.3 Å². The summed E-state index contributed by atoms with van der Waals surface area (Å²) in [6.45, 7) is 4.31. The fourth-order valence-electron chi connectivity index (χ4n) is 3.67. The predicted octanol–water partition coefficient (Wildman–Crippen LogP) is 2.30. The van der Waals surface area contributed by atoms with E-state index in [9.17, 15) is 5.26 Å². The van der Waals surface area contributed by atoms with Gasteiger partial charge in [-0.3, -0.25) is 0 Å². The van der Waals surface area contributed by atoms with Gasteiger partial charge >= 0.3 is 0 Å². The van der Waals surface area contributed by atoms with Crippen LogP contribution in [0.5, 0.6) is 0 Å². The molecule has 0 aliphatic carbocycles. The topological polar surface area (TPSA) is 68.1 Å². The maximum Gasteiger partial charge on any atom is 0.223 e. The largest absolute Gasteiger partial charge is 0.354 e. The first-order chi connectivity index (χ1) is 12.2. The average Bonchev–Trinajstić information content (AvgIpc) is 3.25. The van der Waals surface area contributed by atoms with Gasteiger partial charge < -0.3 is 15.1 Å². The van der Waals surface area contributed by atoms with Crippen molar-refractivity contribution in [2.75, 3.05) is 32.0 Å². The molecule has 1 saturated heterocycles. The third-order valence-electron chi connectivity index (χ3n) is 5.01. The van der Waals surface area contributed by atoms with Gasteiger partial charge in [-0.15, -0.1) is 0 Å². The van der Waals surface area contributed by atoms with Crippen molar-refractivity contribution < 1.29 is 0 Å². The Morgan fingerprint density at radius 2 is 2.08 bits per heavy atom. The molecule has 4 rings (SSSR count). The van der Waals surface area contributed by atoms with Crippen molar-refractivity contribution in [1.82, 2.24) is 19.8 Å². The van der Waals surface area contributed by atoms with Gasteiger partial charge in [-0.1, -0.05) is 30.3 Å². The number of nitrogens with zero attached hydrogens (tertiary/aromatic N) is 5. The molecule has 0 saturated carbocycles. The van der Waals surface area contributed by atoms with E-state index in [1.807, 2.05) is 18.2 Å². The minimum absolute atomic E-state index is 0.565. The first kappa shape index (κ1) is 15.9. The van der Waals surface area contributed by atoms with Crippen molar-refractivity contribution >= 4 is 5.95 Å². The molecule has 0 bridgehead atoms. The van der Waals surface area contributed by atoms with Crippen molar-refractivity contribution in [3.8, 4) is 17.5 Å². The number of nitriles is 1. The zero-order valence-electron chi connectivity index (χ0n) is 14.4. The summed E-state index contributed by atoms with van der Waals surface area (Å²) < 4.78 is 0. The number of benzene rings is 1. The van der Waals surface area contributed by atoms with E-state index in [0.717, 1.165) is 42.1 Å². The van der Waals surface area contributed by atoms with E-state index < -0.39 is 0 Å². The highest BCUT2D eigenvalue weighted by Crippen LogP contribution is 2.31. The van der Waals surface area contributed by atoms with E-state index in [-0.39, 0.29) is 0 Å². The van der Waals surface area contributed by atoms with Crippen molar-refractivity contribution in [2.24, 2.45) is 5.92 Å². The van der Waals surface area contributed by atoms with Crippen LogP contribution in [0.1, 0.15) is 17.7 Å². The van der Waals surface area contributed by atoms with Crippen molar-refractivity contribution in [3.63, 3.8) is 0 Å². The van der Waals surface area contributed by atoms with Crippen LogP contribution in [0.2, 0.25) is 0 Å². The van der Waals surface area contributed by atoms with Crippen LogP contribution < -0.4 is 5.32 Å². The Morgan fingerprint density at radius 1 is 1.24 bits per heavy atom. The lowest BCUT2D eigenvalue weighted by Gasteiger charge is -2.14. The Balaban J connectivity index is 1.62. The van der Waals surface area contributed by atoms with Crippen LogP contribution in [-0.4, -0.2) is 46.4 Å². The fourth-order valence-corrected chi connectivity index (χ4v) is 3.67. The zero-order chi connectivity index (χ0) is 17.2. The normalized spacial score (nSPS) is 19.7. The highest BCUT2D eigenvalue weighted by Gasteiger charge is 2.26. The second-order valence-corrected chi connectivity index (χ2v) is 6.94. The molecule has 6 heteroatoms. The highest BCUT2D eigenvalue weighted by atomic mass is 15.2. The summed E-state index contributed by atoms with van der Waals surface area (Å²) in [6, 6.07) is 10.2. The molecule has 25 heavy (non-hydrogen) atoms. The monoisotopic (exact) mass is 334 g/mol. The second-order valence-electron chi connectivity index (χ2n) is 6.94. The molecule has 6 nitrogen and oxygen atoms in total. The first-order valence-electron chi connectivity index (χ1n) is 8.75. The second kappa shape index (κ2) is 6.69. The Hall–Kier alpha value is -2.65.